The van der Waals surface area contributed by atoms with Crippen LogP contribution in [0.5, 0.6) is 5.75 Å². The summed E-state index contributed by atoms with van der Waals surface area (Å²) in [6, 6.07) is 5.82. The van der Waals surface area contributed by atoms with E-state index in [0.29, 0.717) is 5.75 Å². The zero-order valence-electron chi connectivity index (χ0n) is 15.9. The maximum atomic E-state index is 11.9. The number of esters is 1. The first-order valence-electron chi connectivity index (χ1n) is 8.35. The molecule has 4 heteroatoms. The molecule has 0 spiro atoms. The van der Waals surface area contributed by atoms with E-state index in [1.807, 2.05) is 59.7 Å². The third kappa shape index (κ3) is 4.74. The number of nitrogens with zero attached hydrogens (tertiary/aromatic N) is 1. The third-order valence-electron chi connectivity index (χ3n) is 3.95. The lowest BCUT2D eigenvalue weighted by Gasteiger charge is -2.28. The maximum absolute atomic E-state index is 11.9. The van der Waals surface area contributed by atoms with E-state index in [9.17, 15) is 15.2 Å². The number of hydrogen-bond acceptors (Lipinski definition) is 4. The van der Waals surface area contributed by atoms with Crippen molar-refractivity contribution >= 4 is 5.97 Å². The van der Waals surface area contributed by atoms with Crippen LogP contribution in [-0.2, 0) is 26.8 Å². The van der Waals surface area contributed by atoms with Gasteiger partial charge in [0.1, 0.15) is 11.7 Å². The molecule has 0 aliphatic heterocycles. The molecular formula is C20H29NO3. The molecule has 0 aliphatic rings. The lowest BCUT2D eigenvalue weighted by Crippen LogP contribution is -2.21. The Bertz CT molecular complexity index is 607. The van der Waals surface area contributed by atoms with Gasteiger partial charge in [-0.15, -0.1) is 0 Å². The van der Waals surface area contributed by atoms with Crippen molar-refractivity contribution in [3.05, 3.63) is 28.8 Å². The average molecular weight is 331 g/mol. The van der Waals surface area contributed by atoms with Crippen molar-refractivity contribution in [2.24, 2.45) is 5.92 Å². The summed E-state index contributed by atoms with van der Waals surface area (Å²) in [6.45, 7) is 14.2. The van der Waals surface area contributed by atoms with Gasteiger partial charge in [-0.2, -0.15) is 5.26 Å². The van der Waals surface area contributed by atoms with Gasteiger partial charge in [0.25, 0.3) is 0 Å². The van der Waals surface area contributed by atoms with Crippen molar-refractivity contribution in [1.29, 1.82) is 5.26 Å². The molecule has 24 heavy (non-hydrogen) atoms. The summed E-state index contributed by atoms with van der Waals surface area (Å²) < 4.78 is 4.98. The maximum Gasteiger partial charge on any atom is 0.323 e. The number of phenols is 1. The minimum atomic E-state index is -0.838. The lowest BCUT2D eigenvalue weighted by molar-refractivity contribution is -0.145. The van der Waals surface area contributed by atoms with E-state index in [1.54, 1.807) is 6.92 Å². The van der Waals surface area contributed by atoms with Crippen LogP contribution in [0.2, 0.25) is 0 Å². The summed E-state index contributed by atoms with van der Waals surface area (Å²) in [5.41, 5.74) is 2.02. The molecule has 1 N–H and O–H groups in total. The first-order chi connectivity index (χ1) is 10.9. The summed E-state index contributed by atoms with van der Waals surface area (Å²) >= 11 is 0. The predicted molar refractivity (Wildman–Crippen MR) is 94.9 cm³/mol. The number of rotatable bonds is 4. The molecule has 1 rings (SSSR count). The molecule has 0 fully saturated rings. The van der Waals surface area contributed by atoms with E-state index in [2.05, 4.69) is 0 Å². The second-order valence-corrected chi connectivity index (χ2v) is 8.18. The van der Waals surface area contributed by atoms with Crippen molar-refractivity contribution < 1.29 is 14.6 Å². The second-order valence-electron chi connectivity index (χ2n) is 8.18. The Balaban J connectivity index is 3.39. The molecule has 1 aromatic rings. The number of nitriles is 1. The topological polar surface area (TPSA) is 70.3 Å². The van der Waals surface area contributed by atoms with Crippen LogP contribution in [0, 0.1) is 17.2 Å². The molecule has 0 aromatic heterocycles. The number of carbonyl (C=O) groups excluding carboxylic acids is 1. The standard InChI is InChI=1S/C20H29NO3/c1-8-24-18(23)14(12-21)9-13-10-15(19(2,3)4)17(22)16(11-13)20(5,6)7/h10-11,14,22H,8-9H2,1-7H3/t14-/m0/s1. The summed E-state index contributed by atoms with van der Waals surface area (Å²) in [6.07, 6.45) is 0.280. The minimum Gasteiger partial charge on any atom is -0.507 e. The molecule has 0 bridgehead atoms. The fourth-order valence-corrected chi connectivity index (χ4v) is 2.62. The Morgan fingerprint density at radius 1 is 1.17 bits per heavy atom. The van der Waals surface area contributed by atoms with Gasteiger partial charge in [0.2, 0.25) is 0 Å². The highest BCUT2D eigenvalue weighted by atomic mass is 16.5. The molecule has 4 nitrogen and oxygen atoms in total. The van der Waals surface area contributed by atoms with Gasteiger partial charge in [-0.1, -0.05) is 53.7 Å². The van der Waals surface area contributed by atoms with E-state index in [-0.39, 0.29) is 23.9 Å². The highest BCUT2D eigenvalue weighted by molar-refractivity contribution is 5.75. The van der Waals surface area contributed by atoms with Crippen molar-refractivity contribution in [1.82, 2.24) is 0 Å². The summed E-state index contributed by atoms with van der Waals surface area (Å²) in [4.78, 5) is 11.9. The largest absolute Gasteiger partial charge is 0.507 e. The third-order valence-corrected chi connectivity index (χ3v) is 3.95. The number of hydrogen-bond donors (Lipinski definition) is 1. The number of phenolic OH excluding ortho intramolecular Hbond substituents is 1. The average Bonchev–Trinajstić information content (AvgIpc) is 2.43. The molecule has 0 aliphatic carbocycles. The molecule has 0 saturated heterocycles. The fourth-order valence-electron chi connectivity index (χ4n) is 2.62. The van der Waals surface area contributed by atoms with Crippen LogP contribution in [-0.4, -0.2) is 17.7 Å². The van der Waals surface area contributed by atoms with Gasteiger partial charge in [0.15, 0.2) is 0 Å². The van der Waals surface area contributed by atoms with E-state index in [4.69, 9.17) is 4.74 Å². The zero-order chi connectivity index (χ0) is 18.7. The molecular weight excluding hydrogens is 302 g/mol. The molecule has 1 atom stereocenters. The van der Waals surface area contributed by atoms with Crippen molar-refractivity contribution in [3.8, 4) is 11.8 Å². The molecule has 0 unspecified atom stereocenters. The quantitative estimate of drug-likeness (QED) is 0.838. The number of carbonyl (C=O) groups is 1. The smallest absolute Gasteiger partial charge is 0.323 e. The summed E-state index contributed by atoms with van der Waals surface area (Å²) in [7, 11) is 0. The number of aromatic hydroxyl groups is 1. The van der Waals surface area contributed by atoms with Crippen molar-refractivity contribution in [2.45, 2.75) is 65.7 Å². The van der Waals surface area contributed by atoms with Gasteiger partial charge < -0.3 is 9.84 Å². The van der Waals surface area contributed by atoms with Crippen molar-refractivity contribution in [3.63, 3.8) is 0 Å². The zero-order valence-corrected chi connectivity index (χ0v) is 15.9. The van der Waals surface area contributed by atoms with E-state index in [0.717, 1.165) is 16.7 Å². The summed E-state index contributed by atoms with van der Waals surface area (Å²) in [5.74, 6) is -1.04. The molecule has 0 saturated carbocycles. The van der Waals surface area contributed by atoms with Crippen LogP contribution in [0.4, 0.5) is 0 Å². The predicted octanol–water partition coefficient (Wildman–Crippen LogP) is 4.23. The lowest BCUT2D eigenvalue weighted by atomic mass is 9.77. The number of ether oxygens (including phenoxy) is 1. The van der Waals surface area contributed by atoms with Crippen LogP contribution in [0.15, 0.2) is 12.1 Å². The van der Waals surface area contributed by atoms with Crippen LogP contribution < -0.4 is 0 Å². The van der Waals surface area contributed by atoms with Gasteiger partial charge in [0, 0.05) is 0 Å². The Kier molecular flexibility index (Phi) is 6.05. The first-order valence-corrected chi connectivity index (χ1v) is 8.35. The monoisotopic (exact) mass is 331 g/mol. The van der Waals surface area contributed by atoms with Crippen LogP contribution in [0.25, 0.3) is 0 Å². The fraction of sp³-hybridized carbons (Fsp3) is 0.600. The highest BCUT2D eigenvalue weighted by Crippen LogP contribution is 2.40. The normalized spacial score (nSPS) is 13.2. The second kappa shape index (κ2) is 7.25. The highest BCUT2D eigenvalue weighted by Gasteiger charge is 2.28. The van der Waals surface area contributed by atoms with E-state index < -0.39 is 11.9 Å². The van der Waals surface area contributed by atoms with Crippen LogP contribution >= 0.6 is 0 Å². The Labute approximate surface area is 145 Å². The SMILES string of the molecule is CCOC(=O)[C@H](C#N)Cc1cc(C(C)(C)C)c(O)c(C(C)(C)C)c1. The Morgan fingerprint density at radius 3 is 1.96 bits per heavy atom. The minimum absolute atomic E-state index is 0.244. The van der Waals surface area contributed by atoms with Gasteiger partial charge in [-0.25, -0.2) is 0 Å². The Hall–Kier alpha value is -2.02. The van der Waals surface area contributed by atoms with Crippen LogP contribution in [0.1, 0.15) is 65.2 Å². The van der Waals surface area contributed by atoms with E-state index >= 15 is 0 Å². The molecule has 0 heterocycles. The van der Waals surface area contributed by atoms with Gasteiger partial charge in [-0.3, -0.25) is 4.79 Å². The Morgan fingerprint density at radius 2 is 1.62 bits per heavy atom. The molecule has 1 aromatic carbocycles. The molecule has 132 valence electrons. The van der Waals surface area contributed by atoms with Gasteiger partial charge in [-0.05, 0) is 40.9 Å². The summed E-state index contributed by atoms with van der Waals surface area (Å²) in [5, 5.41) is 20.0. The number of benzene rings is 1. The molecule has 0 amide bonds. The first kappa shape index (κ1) is 20.0. The van der Waals surface area contributed by atoms with Crippen molar-refractivity contribution in [2.75, 3.05) is 6.61 Å². The van der Waals surface area contributed by atoms with Crippen LogP contribution in [0.3, 0.4) is 0 Å². The molecule has 0 radical (unpaired) electrons. The van der Waals surface area contributed by atoms with Gasteiger partial charge >= 0.3 is 5.97 Å². The van der Waals surface area contributed by atoms with Gasteiger partial charge in [0.05, 0.1) is 12.7 Å². The van der Waals surface area contributed by atoms with E-state index in [1.165, 1.54) is 0 Å².